The summed E-state index contributed by atoms with van der Waals surface area (Å²) in [6.45, 7) is 10.4. The van der Waals surface area contributed by atoms with Crippen molar-refractivity contribution in [2.45, 2.75) is 26.7 Å². The molecule has 0 aromatic heterocycles. The zero-order chi connectivity index (χ0) is 14.7. The summed E-state index contributed by atoms with van der Waals surface area (Å²) in [7, 11) is 2.04. The molecule has 2 amide bonds. The summed E-state index contributed by atoms with van der Waals surface area (Å²) in [6.07, 6.45) is 3.13. The number of hydrogen-bond acceptors (Lipinski definition) is 3. The highest BCUT2D eigenvalue weighted by Gasteiger charge is 2.05. The fourth-order valence-corrected chi connectivity index (χ4v) is 1.51. The summed E-state index contributed by atoms with van der Waals surface area (Å²) in [6, 6.07) is 0. The summed E-state index contributed by atoms with van der Waals surface area (Å²) in [5.41, 5.74) is 0. The molecule has 0 heterocycles. The quantitative estimate of drug-likeness (QED) is 0.455. The van der Waals surface area contributed by atoms with Crippen LogP contribution < -0.4 is 10.6 Å². The molecule has 110 valence electrons. The number of hydrogen-bond donors (Lipinski definition) is 2. The molecule has 19 heavy (non-hydrogen) atoms. The normalized spacial score (nSPS) is 10.6. The van der Waals surface area contributed by atoms with Crippen molar-refractivity contribution in [1.29, 1.82) is 0 Å². The van der Waals surface area contributed by atoms with Crippen LogP contribution in [0.3, 0.4) is 0 Å². The molecular formula is C14H27N3O2. The van der Waals surface area contributed by atoms with Gasteiger partial charge in [-0.3, -0.25) is 9.59 Å². The van der Waals surface area contributed by atoms with Crippen molar-refractivity contribution in [2.75, 3.05) is 33.2 Å². The van der Waals surface area contributed by atoms with Gasteiger partial charge in [-0.1, -0.05) is 20.4 Å². The molecule has 0 saturated heterocycles. The predicted molar refractivity (Wildman–Crippen MR) is 77.8 cm³/mol. The van der Waals surface area contributed by atoms with E-state index in [4.69, 9.17) is 0 Å². The second kappa shape index (κ2) is 10.6. The Bertz CT molecular complexity index is 290. The Hall–Kier alpha value is -1.36. The molecule has 0 aliphatic carbocycles. The Morgan fingerprint density at radius 3 is 2.16 bits per heavy atom. The van der Waals surface area contributed by atoms with Gasteiger partial charge in [0.05, 0.1) is 0 Å². The smallest absolute Gasteiger partial charge is 0.243 e. The molecule has 0 aromatic rings. The van der Waals surface area contributed by atoms with Gasteiger partial charge in [-0.25, -0.2) is 0 Å². The van der Waals surface area contributed by atoms with Crippen molar-refractivity contribution in [2.24, 2.45) is 5.92 Å². The van der Waals surface area contributed by atoms with Crippen LogP contribution >= 0.6 is 0 Å². The second-order valence-corrected chi connectivity index (χ2v) is 4.95. The summed E-state index contributed by atoms with van der Waals surface area (Å²) < 4.78 is 0. The third kappa shape index (κ3) is 10.3. The lowest BCUT2D eigenvalue weighted by molar-refractivity contribution is -0.124. The van der Waals surface area contributed by atoms with Crippen LogP contribution in [0.1, 0.15) is 26.7 Å². The van der Waals surface area contributed by atoms with E-state index in [1.807, 2.05) is 20.9 Å². The van der Waals surface area contributed by atoms with E-state index in [0.717, 1.165) is 25.9 Å². The second-order valence-electron chi connectivity index (χ2n) is 4.95. The van der Waals surface area contributed by atoms with Gasteiger partial charge in [0.2, 0.25) is 11.8 Å². The summed E-state index contributed by atoms with van der Waals surface area (Å²) >= 11 is 0. The molecule has 0 saturated carbocycles. The molecular weight excluding hydrogens is 242 g/mol. The van der Waals surface area contributed by atoms with E-state index in [1.54, 1.807) is 0 Å². The van der Waals surface area contributed by atoms with Crippen molar-refractivity contribution >= 4 is 11.8 Å². The van der Waals surface area contributed by atoms with Gasteiger partial charge in [-0.15, -0.1) is 0 Å². The summed E-state index contributed by atoms with van der Waals surface area (Å²) in [5, 5.41) is 5.64. The predicted octanol–water partition coefficient (Wildman–Crippen LogP) is 0.773. The Balaban J connectivity index is 3.44. The molecule has 2 N–H and O–H groups in total. The topological polar surface area (TPSA) is 61.4 Å². The van der Waals surface area contributed by atoms with Crippen LogP contribution in [0.4, 0.5) is 0 Å². The van der Waals surface area contributed by atoms with Crippen molar-refractivity contribution in [3.63, 3.8) is 0 Å². The Labute approximate surface area is 116 Å². The highest BCUT2D eigenvalue weighted by molar-refractivity contribution is 5.86. The summed E-state index contributed by atoms with van der Waals surface area (Å²) in [4.78, 5) is 24.4. The molecule has 0 unspecified atom stereocenters. The molecule has 5 nitrogen and oxygen atoms in total. The van der Waals surface area contributed by atoms with E-state index in [0.29, 0.717) is 13.1 Å². The maximum Gasteiger partial charge on any atom is 0.243 e. The molecule has 0 aliphatic heterocycles. The highest BCUT2D eigenvalue weighted by Crippen LogP contribution is 1.92. The van der Waals surface area contributed by atoms with Crippen LogP contribution in [0.2, 0.25) is 0 Å². The van der Waals surface area contributed by atoms with E-state index in [9.17, 15) is 9.59 Å². The van der Waals surface area contributed by atoms with Crippen LogP contribution in [-0.2, 0) is 9.59 Å². The first-order chi connectivity index (χ1) is 8.97. The highest BCUT2D eigenvalue weighted by atomic mass is 16.2. The molecule has 5 heteroatoms. The van der Waals surface area contributed by atoms with Gasteiger partial charge < -0.3 is 15.5 Å². The monoisotopic (exact) mass is 269 g/mol. The van der Waals surface area contributed by atoms with E-state index < -0.39 is 0 Å². The van der Waals surface area contributed by atoms with Crippen LogP contribution in [0.25, 0.3) is 0 Å². The molecule has 0 rings (SSSR count). The molecule has 0 aromatic carbocycles. The minimum atomic E-state index is -0.126. The summed E-state index contributed by atoms with van der Waals surface area (Å²) in [5.74, 6) is 0.0278. The van der Waals surface area contributed by atoms with Gasteiger partial charge in [0.15, 0.2) is 0 Å². The van der Waals surface area contributed by atoms with Gasteiger partial charge >= 0.3 is 0 Å². The molecule has 0 spiro atoms. The van der Waals surface area contributed by atoms with Crippen molar-refractivity contribution in [1.82, 2.24) is 15.5 Å². The number of rotatable bonds is 10. The van der Waals surface area contributed by atoms with Crippen LogP contribution in [0.15, 0.2) is 12.7 Å². The maximum absolute atomic E-state index is 11.3. The fraction of sp³-hybridized carbons (Fsp3) is 0.714. The maximum atomic E-state index is 11.3. The number of amides is 2. The fourth-order valence-electron chi connectivity index (χ4n) is 1.51. The van der Waals surface area contributed by atoms with Gasteiger partial charge in [0, 0.05) is 19.0 Å². The number of nitrogens with zero attached hydrogens (tertiary/aromatic N) is 1. The van der Waals surface area contributed by atoms with Gasteiger partial charge in [-0.2, -0.15) is 0 Å². The lowest BCUT2D eigenvalue weighted by Gasteiger charge is -2.16. The molecule has 0 aliphatic rings. The standard InChI is InChI=1S/C14H27N3O2/c1-5-13(18)15-8-6-10-17(4)11-7-9-16-14(19)12(2)3/h5,12H,1,6-11H2,2-4H3,(H,15,18)(H,16,19). The Kier molecular flexibility index (Phi) is 9.80. The zero-order valence-electron chi connectivity index (χ0n) is 12.4. The SMILES string of the molecule is C=CC(=O)NCCCN(C)CCCNC(=O)C(C)C. The van der Waals surface area contributed by atoms with E-state index >= 15 is 0 Å². The van der Waals surface area contributed by atoms with Gasteiger partial charge in [0.1, 0.15) is 0 Å². The third-order valence-electron chi connectivity index (χ3n) is 2.74. The minimum Gasteiger partial charge on any atom is -0.356 e. The Morgan fingerprint density at radius 2 is 1.68 bits per heavy atom. The van der Waals surface area contributed by atoms with Crippen LogP contribution in [-0.4, -0.2) is 49.9 Å². The molecule has 0 fully saturated rings. The van der Waals surface area contributed by atoms with Crippen LogP contribution in [0.5, 0.6) is 0 Å². The number of carbonyl (C=O) groups is 2. The van der Waals surface area contributed by atoms with E-state index in [1.165, 1.54) is 6.08 Å². The van der Waals surface area contributed by atoms with E-state index in [2.05, 4.69) is 22.1 Å². The van der Waals surface area contributed by atoms with Gasteiger partial charge in [0.25, 0.3) is 0 Å². The molecule has 0 bridgehead atoms. The largest absolute Gasteiger partial charge is 0.356 e. The molecule has 0 atom stereocenters. The van der Waals surface area contributed by atoms with Crippen LogP contribution in [0, 0.1) is 5.92 Å². The Morgan fingerprint density at radius 1 is 1.16 bits per heavy atom. The average Bonchev–Trinajstić information content (AvgIpc) is 2.38. The average molecular weight is 269 g/mol. The van der Waals surface area contributed by atoms with Gasteiger partial charge in [-0.05, 0) is 39.1 Å². The lowest BCUT2D eigenvalue weighted by atomic mass is 10.2. The first-order valence-corrected chi connectivity index (χ1v) is 6.84. The first kappa shape index (κ1) is 17.6. The lowest BCUT2D eigenvalue weighted by Crippen LogP contribution is -2.32. The number of carbonyl (C=O) groups excluding carboxylic acids is 2. The zero-order valence-corrected chi connectivity index (χ0v) is 12.4. The first-order valence-electron chi connectivity index (χ1n) is 6.84. The van der Waals surface area contributed by atoms with Crippen molar-refractivity contribution < 1.29 is 9.59 Å². The van der Waals surface area contributed by atoms with E-state index in [-0.39, 0.29) is 17.7 Å². The number of nitrogens with one attached hydrogen (secondary N) is 2. The van der Waals surface area contributed by atoms with Crippen molar-refractivity contribution in [3.8, 4) is 0 Å². The van der Waals surface area contributed by atoms with Crippen molar-refractivity contribution in [3.05, 3.63) is 12.7 Å². The minimum absolute atomic E-state index is 0.0474. The molecule has 0 radical (unpaired) electrons. The third-order valence-corrected chi connectivity index (χ3v) is 2.74.